The van der Waals surface area contributed by atoms with E-state index in [1.807, 2.05) is 24.3 Å². The van der Waals surface area contributed by atoms with Crippen molar-refractivity contribution in [3.63, 3.8) is 0 Å². The second kappa shape index (κ2) is 7.11. The summed E-state index contributed by atoms with van der Waals surface area (Å²) in [4.78, 5) is 14.4. The lowest BCUT2D eigenvalue weighted by molar-refractivity contribution is 0.0937. The minimum atomic E-state index is -0.0359. The fraction of sp³-hybridized carbons (Fsp3) is 0.500. The van der Waals surface area contributed by atoms with Crippen LogP contribution in [0.2, 0.25) is 0 Å². The Morgan fingerprint density at radius 1 is 1.37 bits per heavy atom. The number of hydrogen-bond donors (Lipinski definition) is 2. The first-order valence-corrected chi connectivity index (χ1v) is 6.65. The molecule has 19 heavy (non-hydrogen) atoms. The van der Waals surface area contributed by atoms with Crippen molar-refractivity contribution in [3.8, 4) is 0 Å². The quantitative estimate of drug-likeness (QED) is 0.758. The third-order valence-corrected chi connectivity index (χ3v) is 3.20. The first-order valence-electron chi connectivity index (χ1n) is 6.65. The van der Waals surface area contributed by atoms with Crippen molar-refractivity contribution in [3.05, 3.63) is 29.8 Å². The molecule has 0 radical (unpaired) electrons. The van der Waals surface area contributed by atoms with Crippen LogP contribution in [0, 0.1) is 0 Å². The number of rotatable bonds is 5. The van der Waals surface area contributed by atoms with E-state index in [1.165, 1.54) is 0 Å². The van der Waals surface area contributed by atoms with Crippen LogP contribution >= 0.6 is 0 Å². The number of amides is 1. The normalized spacial score (nSPS) is 15.3. The fourth-order valence-electron chi connectivity index (χ4n) is 2.21. The van der Waals surface area contributed by atoms with Gasteiger partial charge in [0.15, 0.2) is 0 Å². The predicted octanol–water partition coefficient (Wildman–Crippen LogP) is 0.472. The van der Waals surface area contributed by atoms with Crippen molar-refractivity contribution in [2.75, 3.05) is 51.3 Å². The highest BCUT2D eigenvalue weighted by molar-refractivity contribution is 5.99. The third-order valence-electron chi connectivity index (χ3n) is 3.20. The number of para-hydroxylation sites is 1. The zero-order valence-corrected chi connectivity index (χ0v) is 11.3. The van der Waals surface area contributed by atoms with E-state index in [9.17, 15) is 4.79 Å². The lowest BCUT2D eigenvalue weighted by Gasteiger charge is -2.30. The summed E-state index contributed by atoms with van der Waals surface area (Å²) >= 11 is 0. The van der Waals surface area contributed by atoms with Gasteiger partial charge in [0.25, 0.3) is 5.91 Å². The largest absolute Gasteiger partial charge is 0.383 e. The lowest BCUT2D eigenvalue weighted by Crippen LogP contribution is -2.44. The summed E-state index contributed by atoms with van der Waals surface area (Å²) in [5, 5.41) is 6.19. The monoisotopic (exact) mass is 263 g/mol. The Morgan fingerprint density at radius 2 is 2.11 bits per heavy atom. The summed E-state index contributed by atoms with van der Waals surface area (Å²) < 4.78 is 4.94. The van der Waals surface area contributed by atoms with E-state index >= 15 is 0 Å². The topological polar surface area (TPSA) is 53.6 Å². The van der Waals surface area contributed by atoms with Gasteiger partial charge in [0.05, 0.1) is 12.2 Å². The van der Waals surface area contributed by atoms with E-state index in [2.05, 4.69) is 15.5 Å². The van der Waals surface area contributed by atoms with Crippen LogP contribution in [-0.2, 0) is 4.74 Å². The minimum absolute atomic E-state index is 0.0359. The number of piperazine rings is 1. The Hall–Kier alpha value is -1.59. The maximum atomic E-state index is 12.2. The Bertz CT molecular complexity index is 417. The maximum Gasteiger partial charge on any atom is 0.253 e. The van der Waals surface area contributed by atoms with Crippen molar-refractivity contribution in [1.82, 2.24) is 10.6 Å². The first-order chi connectivity index (χ1) is 9.33. The number of nitrogens with one attached hydrogen (secondary N) is 2. The second-order valence-electron chi connectivity index (χ2n) is 4.50. The van der Waals surface area contributed by atoms with E-state index in [-0.39, 0.29) is 5.91 Å². The molecule has 0 aromatic heterocycles. The predicted molar refractivity (Wildman–Crippen MR) is 75.7 cm³/mol. The molecular formula is C14H21N3O2. The van der Waals surface area contributed by atoms with Gasteiger partial charge >= 0.3 is 0 Å². The molecule has 1 aliphatic heterocycles. The molecule has 1 saturated heterocycles. The van der Waals surface area contributed by atoms with Crippen LogP contribution in [0.1, 0.15) is 10.4 Å². The molecule has 0 saturated carbocycles. The molecule has 0 spiro atoms. The summed E-state index contributed by atoms with van der Waals surface area (Å²) in [6.07, 6.45) is 0. The molecule has 1 aromatic carbocycles. The lowest BCUT2D eigenvalue weighted by atomic mass is 10.1. The summed E-state index contributed by atoms with van der Waals surface area (Å²) in [6.45, 7) is 4.84. The molecule has 0 aliphatic carbocycles. The van der Waals surface area contributed by atoms with Gasteiger partial charge in [0.1, 0.15) is 0 Å². The molecule has 1 aliphatic rings. The number of hydrogen-bond acceptors (Lipinski definition) is 4. The fourth-order valence-corrected chi connectivity index (χ4v) is 2.21. The van der Waals surface area contributed by atoms with Crippen LogP contribution in [0.3, 0.4) is 0 Å². The first kappa shape index (κ1) is 13.8. The maximum absolute atomic E-state index is 12.2. The molecule has 1 aromatic rings. The number of anilines is 1. The highest BCUT2D eigenvalue weighted by Gasteiger charge is 2.17. The average Bonchev–Trinajstić information content (AvgIpc) is 2.48. The molecule has 1 heterocycles. The minimum Gasteiger partial charge on any atom is -0.383 e. The zero-order chi connectivity index (χ0) is 13.5. The SMILES string of the molecule is COCCNC(=O)c1ccccc1N1CCNCC1. The van der Waals surface area contributed by atoms with E-state index in [0.29, 0.717) is 13.2 Å². The number of benzene rings is 1. The molecule has 104 valence electrons. The van der Waals surface area contributed by atoms with Crippen LogP contribution < -0.4 is 15.5 Å². The molecule has 2 N–H and O–H groups in total. The van der Waals surface area contributed by atoms with E-state index in [1.54, 1.807) is 7.11 Å². The van der Waals surface area contributed by atoms with Crippen molar-refractivity contribution in [1.29, 1.82) is 0 Å². The van der Waals surface area contributed by atoms with Crippen LogP contribution in [0.5, 0.6) is 0 Å². The zero-order valence-electron chi connectivity index (χ0n) is 11.3. The van der Waals surface area contributed by atoms with E-state index in [0.717, 1.165) is 37.4 Å². The summed E-state index contributed by atoms with van der Waals surface area (Å²) in [5.74, 6) is -0.0359. The Labute approximate surface area is 113 Å². The summed E-state index contributed by atoms with van der Waals surface area (Å²) in [7, 11) is 1.63. The number of nitrogens with zero attached hydrogens (tertiary/aromatic N) is 1. The van der Waals surface area contributed by atoms with Gasteiger partial charge in [-0.25, -0.2) is 0 Å². The van der Waals surface area contributed by atoms with Gasteiger partial charge in [-0.2, -0.15) is 0 Å². The van der Waals surface area contributed by atoms with Crippen LogP contribution in [0.25, 0.3) is 0 Å². The molecule has 5 nitrogen and oxygen atoms in total. The van der Waals surface area contributed by atoms with Gasteiger partial charge in [-0.3, -0.25) is 4.79 Å². The van der Waals surface area contributed by atoms with Gasteiger partial charge in [-0.15, -0.1) is 0 Å². The molecule has 2 rings (SSSR count). The molecular weight excluding hydrogens is 242 g/mol. The number of ether oxygens (including phenoxy) is 1. The molecule has 1 fully saturated rings. The van der Waals surface area contributed by atoms with Crippen LogP contribution in [0.4, 0.5) is 5.69 Å². The smallest absolute Gasteiger partial charge is 0.253 e. The van der Waals surface area contributed by atoms with Gasteiger partial charge in [-0.05, 0) is 12.1 Å². The van der Waals surface area contributed by atoms with Crippen LogP contribution in [-0.4, -0.2) is 52.3 Å². The molecule has 5 heteroatoms. The molecule has 0 unspecified atom stereocenters. The van der Waals surface area contributed by atoms with Gasteiger partial charge in [-0.1, -0.05) is 12.1 Å². The highest BCUT2D eigenvalue weighted by Crippen LogP contribution is 2.20. The number of methoxy groups -OCH3 is 1. The van der Waals surface area contributed by atoms with Crippen molar-refractivity contribution < 1.29 is 9.53 Å². The molecule has 0 bridgehead atoms. The van der Waals surface area contributed by atoms with Gasteiger partial charge in [0.2, 0.25) is 0 Å². The number of carbonyl (C=O) groups is 1. The van der Waals surface area contributed by atoms with Crippen molar-refractivity contribution in [2.24, 2.45) is 0 Å². The number of carbonyl (C=O) groups excluding carboxylic acids is 1. The standard InChI is InChI=1S/C14H21N3O2/c1-19-11-8-16-14(18)12-4-2-3-5-13(12)17-9-6-15-7-10-17/h2-5,15H,6-11H2,1H3,(H,16,18). The second-order valence-corrected chi connectivity index (χ2v) is 4.50. The average molecular weight is 263 g/mol. The van der Waals surface area contributed by atoms with Crippen LogP contribution in [0.15, 0.2) is 24.3 Å². The Balaban J connectivity index is 2.08. The highest BCUT2D eigenvalue weighted by atomic mass is 16.5. The molecule has 0 atom stereocenters. The molecule has 1 amide bonds. The third kappa shape index (κ3) is 3.68. The van der Waals surface area contributed by atoms with Crippen molar-refractivity contribution >= 4 is 11.6 Å². The Kier molecular flexibility index (Phi) is 5.18. The van der Waals surface area contributed by atoms with Gasteiger partial charge < -0.3 is 20.3 Å². The van der Waals surface area contributed by atoms with Gasteiger partial charge in [0, 0.05) is 45.5 Å². The summed E-state index contributed by atoms with van der Waals surface area (Å²) in [5.41, 5.74) is 1.75. The van der Waals surface area contributed by atoms with E-state index < -0.39 is 0 Å². The van der Waals surface area contributed by atoms with Crippen molar-refractivity contribution in [2.45, 2.75) is 0 Å². The summed E-state index contributed by atoms with van der Waals surface area (Å²) in [6, 6.07) is 7.76. The Morgan fingerprint density at radius 3 is 2.84 bits per heavy atom. The van der Waals surface area contributed by atoms with E-state index in [4.69, 9.17) is 4.74 Å².